The Morgan fingerprint density at radius 3 is 2.62 bits per heavy atom. The number of hydrogen-bond donors (Lipinski definition) is 2. The molecule has 0 saturated carbocycles. The van der Waals surface area contributed by atoms with Crippen LogP contribution in [0.2, 0.25) is 0 Å². The van der Waals surface area contributed by atoms with Gasteiger partial charge in [-0.1, -0.05) is 6.07 Å². The highest BCUT2D eigenvalue weighted by Gasteiger charge is 2.19. The molecule has 1 amide bonds. The molecule has 7 heteroatoms. The molecule has 1 aromatic carbocycles. The minimum absolute atomic E-state index is 0.211. The Hall–Kier alpha value is -2.80. The number of ether oxygens (including phenoxy) is 2. The van der Waals surface area contributed by atoms with Gasteiger partial charge >= 0.3 is 0 Å². The number of fused-ring (bicyclic) bond motifs is 1. The smallest absolute Gasteiger partial charge is 0.263 e. The number of aryl methyl sites for hydroxylation is 2. The normalized spacial score (nSPS) is 10.8. The summed E-state index contributed by atoms with van der Waals surface area (Å²) in [6, 6.07) is 7.49. The van der Waals surface area contributed by atoms with E-state index in [1.807, 2.05) is 38.1 Å². The standard InChI is InChI=1S/C19H21N3O3S/c1-10-7-11(2)22-19-15(10)16(20)17(26-19)18(23)21-9-12-5-6-13(24-3)14(8-12)25-4/h5-8H,9,20H2,1-4H3,(H,21,23). The zero-order valence-electron chi connectivity index (χ0n) is 15.2. The number of nitrogens with one attached hydrogen (secondary N) is 1. The monoisotopic (exact) mass is 371 g/mol. The van der Waals surface area contributed by atoms with E-state index in [9.17, 15) is 4.79 Å². The van der Waals surface area contributed by atoms with Gasteiger partial charge in [0.05, 0.1) is 19.9 Å². The van der Waals surface area contributed by atoms with E-state index in [0.717, 1.165) is 27.0 Å². The number of nitrogen functional groups attached to an aromatic ring is 1. The molecule has 2 heterocycles. The minimum Gasteiger partial charge on any atom is -0.493 e. The largest absolute Gasteiger partial charge is 0.493 e. The van der Waals surface area contributed by atoms with E-state index < -0.39 is 0 Å². The first-order chi connectivity index (χ1) is 12.4. The predicted molar refractivity (Wildman–Crippen MR) is 104 cm³/mol. The number of carbonyl (C=O) groups excluding carboxylic acids is 1. The van der Waals surface area contributed by atoms with Crippen LogP contribution in [-0.2, 0) is 6.54 Å². The lowest BCUT2D eigenvalue weighted by molar-refractivity contribution is 0.0956. The molecule has 136 valence electrons. The summed E-state index contributed by atoms with van der Waals surface area (Å²) in [7, 11) is 3.16. The van der Waals surface area contributed by atoms with Gasteiger partial charge in [0.2, 0.25) is 0 Å². The lowest BCUT2D eigenvalue weighted by Crippen LogP contribution is -2.22. The molecule has 0 aliphatic carbocycles. The van der Waals surface area contributed by atoms with Crippen LogP contribution in [0.1, 0.15) is 26.5 Å². The van der Waals surface area contributed by atoms with Crippen LogP contribution in [0.15, 0.2) is 24.3 Å². The van der Waals surface area contributed by atoms with Crippen LogP contribution < -0.4 is 20.5 Å². The molecule has 0 radical (unpaired) electrons. The second-order valence-corrected chi connectivity index (χ2v) is 6.98. The molecular weight excluding hydrogens is 350 g/mol. The topological polar surface area (TPSA) is 86.5 Å². The fourth-order valence-corrected chi connectivity index (χ4v) is 4.02. The molecule has 0 bridgehead atoms. The maximum atomic E-state index is 12.6. The van der Waals surface area contributed by atoms with Crippen molar-refractivity contribution in [3.8, 4) is 11.5 Å². The van der Waals surface area contributed by atoms with Crippen molar-refractivity contribution >= 4 is 33.1 Å². The van der Waals surface area contributed by atoms with Crippen molar-refractivity contribution in [1.29, 1.82) is 0 Å². The highest BCUT2D eigenvalue weighted by atomic mass is 32.1. The second-order valence-electron chi connectivity index (χ2n) is 5.98. The summed E-state index contributed by atoms with van der Waals surface area (Å²) in [5, 5.41) is 3.77. The van der Waals surface area contributed by atoms with Gasteiger partial charge in [-0.15, -0.1) is 11.3 Å². The van der Waals surface area contributed by atoms with Crippen molar-refractivity contribution in [1.82, 2.24) is 10.3 Å². The van der Waals surface area contributed by atoms with Crippen molar-refractivity contribution in [3.05, 3.63) is 46.0 Å². The molecule has 0 atom stereocenters. The van der Waals surface area contributed by atoms with Gasteiger partial charge in [-0.25, -0.2) is 4.98 Å². The van der Waals surface area contributed by atoms with E-state index in [1.54, 1.807) is 14.2 Å². The van der Waals surface area contributed by atoms with Gasteiger partial charge in [-0.05, 0) is 43.2 Å². The molecule has 0 saturated heterocycles. The first-order valence-corrected chi connectivity index (χ1v) is 8.91. The Kier molecular flexibility index (Phi) is 4.99. The van der Waals surface area contributed by atoms with E-state index in [1.165, 1.54) is 11.3 Å². The van der Waals surface area contributed by atoms with Crippen LogP contribution in [0, 0.1) is 13.8 Å². The second kappa shape index (κ2) is 7.21. The Bertz CT molecular complexity index is 982. The third-order valence-electron chi connectivity index (χ3n) is 4.13. The Balaban J connectivity index is 1.82. The van der Waals surface area contributed by atoms with Gasteiger partial charge in [0.1, 0.15) is 9.71 Å². The molecule has 2 aromatic heterocycles. The van der Waals surface area contributed by atoms with Crippen LogP contribution >= 0.6 is 11.3 Å². The minimum atomic E-state index is -0.211. The van der Waals surface area contributed by atoms with E-state index in [2.05, 4.69) is 10.3 Å². The number of benzene rings is 1. The average molecular weight is 371 g/mol. The van der Waals surface area contributed by atoms with Gasteiger partial charge in [0.25, 0.3) is 5.91 Å². The highest BCUT2D eigenvalue weighted by molar-refractivity contribution is 7.21. The molecule has 26 heavy (non-hydrogen) atoms. The summed E-state index contributed by atoms with van der Waals surface area (Å²) in [5.74, 6) is 1.06. The van der Waals surface area contributed by atoms with Gasteiger partial charge in [0, 0.05) is 17.6 Å². The Labute approximate surface area is 155 Å². The van der Waals surface area contributed by atoms with Gasteiger partial charge in [-0.2, -0.15) is 0 Å². The van der Waals surface area contributed by atoms with Crippen molar-refractivity contribution in [2.45, 2.75) is 20.4 Å². The number of aromatic nitrogens is 1. The van der Waals surface area contributed by atoms with Crippen molar-refractivity contribution < 1.29 is 14.3 Å². The number of thiophene rings is 1. The number of amides is 1. The van der Waals surface area contributed by atoms with Crippen LogP contribution in [0.25, 0.3) is 10.2 Å². The summed E-state index contributed by atoms with van der Waals surface area (Å²) in [6.45, 7) is 4.27. The number of rotatable bonds is 5. The number of pyridine rings is 1. The summed E-state index contributed by atoms with van der Waals surface area (Å²) in [5.41, 5.74) is 9.54. The molecule has 0 unspecified atom stereocenters. The fraction of sp³-hybridized carbons (Fsp3) is 0.263. The predicted octanol–water partition coefficient (Wildman–Crippen LogP) is 3.44. The lowest BCUT2D eigenvalue weighted by Gasteiger charge is -2.10. The average Bonchev–Trinajstić information content (AvgIpc) is 2.95. The highest BCUT2D eigenvalue weighted by Crippen LogP contribution is 2.35. The summed E-state index contributed by atoms with van der Waals surface area (Å²) in [4.78, 5) is 18.4. The third kappa shape index (κ3) is 3.30. The van der Waals surface area contributed by atoms with Gasteiger partial charge < -0.3 is 20.5 Å². The summed E-state index contributed by atoms with van der Waals surface area (Å²) >= 11 is 1.32. The number of nitrogens with two attached hydrogens (primary N) is 1. The lowest BCUT2D eigenvalue weighted by atomic mass is 10.1. The molecule has 6 nitrogen and oxygen atoms in total. The summed E-state index contributed by atoms with van der Waals surface area (Å²) < 4.78 is 10.5. The zero-order chi connectivity index (χ0) is 18.8. The first-order valence-electron chi connectivity index (χ1n) is 8.10. The van der Waals surface area contributed by atoms with E-state index in [0.29, 0.717) is 28.6 Å². The van der Waals surface area contributed by atoms with E-state index >= 15 is 0 Å². The number of hydrogen-bond acceptors (Lipinski definition) is 6. The molecule has 3 N–H and O–H groups in total. The fourth-order valence-electron chi connectivity index (χ4n) is 2.89. The molecule has 3 aromatic rings. The zero-order valence-corrected chi connectivity index (χ0v) is 16.0. The van der Waals surface area contributed by atoms with Gasteiger partial charge in [0.15, 0.2) is 11.5 Å². The first kappa shape index (κ1) is 18.0. The van der Waals surface area contributed by atoms with E-state index in [-0.39, 0.29) is 5.91 Å². The van der Waals surface area contributed by atoms with Crippen molar-refractivity contribution in [2.24, 2.45) is 0 Å². The molecule has 3 rings (SSSR count). The SMILES string of the molecule is COc1ccc(CNC(=O)c2sc3nc(C)cc(C)c3c2N)cc1OC. The third-order valence-corrected chi connectivity index (χ3v) is 5.23. The number of carbonyl (C=O) groups is 1. The van der Waals surface area contributed by atoms with Gasteiger partial charge in [-0.3, -0.25) is 4.79 Å². The quantitative estimate of drug-likeness (QED) is 0.717. The van der Waals surface area contributed by atoms with Crippen LogP contribution in [0.5, 0.6) is 11.5 Å². The van der Waals surface area contributed by atoms with Crippen LogP contribution in [-0.4, -0.2) is 25.1 Å². The maximum Gasteiger partial charge on any atom is 0.263 e. The maximum absolute atomic E-state index is 12.6. The Morgan fingerprint density at radius 2 is 1.92 bits per heavy atom. The number of methoxy groups -OCH3 is 2. The molecule has 0 fully saturated rings. The summed E-state index contributed by atoms with van der Waals surface area (Å²) in [6.07, 6.45) is 0. The number of nitrogens with zero attached hydrogens (tertiary/aromatic N) is 1. The number of anilines is 1. The molecule has 0 aliphatic heterocycles. The molecule has 0 spiro atoms. The Morgan fingerprint density at radius 1 is 1.19 bits per heavy atom. The molecule has 0 aliphatic rings. The van der Waals surface area contributed by atoms with Crippen molar-refractivity contribution in [2.75, 3.05) is 20.0 Å². The van der Waals surface area contributed by atoms with Crippen molar-refractivity contribution in [3.63, 3.8) is 0 Å². The van der Waals surface area contributed by atoms with E-state index in [4.69, 9.17) is 15.2 Å². The van der Waals surface area contributed by atoms with Crippen LogP contribution in [0.4, 0.5) is 5.69 Å². The van der Waals surface area contributed by atoms with Crippen LogP contribution in [0.3, 0.4) is 0 Å². The molecular formula is C19H21N3O3S.